The number of carbonyl (C=O) groups excluding carboxylic acids is 1. The first-order chi connectivity index (χ1) is 7.68. The Bertz CT molecular complexity index is 448. The number of isocyanates is 1. The van der Waals surface area contributed by atoms with E-state index in [-0.39, 0.29) is 5.82 Å². The van der Waals surface area contributed by atoms with Crippen molar-refractivity contribution in [2.45, 2.75) is 31.2 Å². The van der Waals surface area contributed by atoms with Crippen LogP contribution in [0.15, 0.2) is 23.2 Å². The Kier molecular flexibility index (Phi) is 3.08. The van der Waals surface area contributed by atoms with Crippen molar-refractivity contribution in [2.75, 3.05) is 0 Å². The molecule has 0 radical (unpaired) electrons. The zero-order valence-electron chi connectivity index (χ0n) is 8.67. The summed E-state index contributed by atoms with van der Waals surface area (Å²) in [6.07, 6.45) is 4.99. The molecule has 2 rings (SSSR count). The number of benzene rings is 1. The summed E-state index contributed by atoms with van der Waals surface area (Å²) in [7, 11) is 0. The maximum Gasteiger partial charge on any atom is 0.235 e. The normalized spacial score (nSPS) is 18.1. The predicted octanol–water partition coefficient (Wildman–Crippen LogP) is 3.58. The summed E-state index contributed by atoms with van der Waals surface area (Å²) >= 11 is 6.05. The van der Waals surface area contributed by atoms with Gasteiger partial charge in [0.15, 0.2) is 0 Å². The molecule has 0 aliphatic heterocycles. The van der Waals surface area contributed by atoms with E-state index in [0.29, 0.717) is 10.6 Å². The van der Waals surface area contributed by atoms with E-state index < -0.39 is 5.54 Å². The van der Waals surface area contributed by atoms with Gasteiger partial charge < -0.3 is 0 Å². The van der Waals surface area contributed by atoms with Crippen LogP contribution in [-0.2, 0) is 10.3 Å². The van der Waals surface area contributed by atoms with Gasteiger partial charge in [0, 0.05) is 10.6 Å². The van der Waals surface area contributed by atoms with Crippen molar-refractivity contribution in [3.05, 3.63) is 34.6 Å². The van der Waals surface area contributed by atoms with E-state index in [1.165, 1.54) is 18.2 Å². The summed E-state index contributed by atoms with van der Waals surface area (Å²) in [6.45, 7) is 0. The summed E-state index contributed by atoms with van der Waals surface area (Å²) in [4.78, 5) is 14.4. The Morgan fingerprint density at radius 2 is 2.06 bits per heavy atom. The minimum atomic E-state index is -0.652. The Morgan fingerprint density at radius 3 is 2.69 bits per heavy atom. The molecule has 2 nitrogen and oxygen atoms in total. The summed E-state index contributed by atoms with van der Waals surface area (Å²) in [5, 5.41) is 0.460. The SMILES string of the molecule is O=C=NC1(c2cc(F)ccc2Cl)CCCC1. The van der Waals surface area contributed by atoms with E-state index in [0.717, 1.165) is 25.7 Å². The Hall–Kier alpha value is -1.18. The molecule has 0 amide bonds. The first-order valence-corrected chi connectivity index (χ1v) is 5.60. The second-order valence-electron chi connectivity index (χ2n) is 4.07. The van der Waals surface area contributed by atoms with Crippen molar-refractivity contribution < 1.29 is 9.18 Å². The third-order valence-electron chi connectivity index (χ3n) is 3.12. The average molecular weight is 240 g/mol. The van der Waals surface area contributed by atoms with Gasteiger partial charge in [-0.3, -0.25) is 0 Å². The summed E-state index contributed by atoms with van der Waals surface area (Å²) in [6, 6.07) is 4.18. The molecule has 0 bridgehead atoms. The number of rotatable bonds is 2. The van der Waals surface area contributed by atoms with Gasteiger partial charge in [0.2, 0.25) is 6.08 Å². The van der Waals surface area contributed by atoms with Crippen LogP contribution in [0, 0.1) is 5.82 Å². The molecule has 1 aromatic carbocycles. The van der Waals surface area contributed by atoms with Crippen molar-refractivity contribution in [1.82, 2.24) is 0 Å². The lowest BCUT2D eigenvalue weighted by atomic mass is 9.89. The van der Waals surface area contributed by atoms with Crippen LogP contribution in [-0.4, -0.2) is 6.08 Å². The fraction of sp³-hybridized carbons (Fsp3) is 0.417. The summed E-state index contributed by atoms with van der Waals surface area (Å²) in [5.74, 6) is -0.355. The molecule has 0 spiro atoms. The molecular formula is C12H11ClFNO. The van der Waals surface area contributed by atoms with Gasteiger partial charge in [0.05, 0.1) is 5.54 Å². The number of hydrogen-bond acceptors (Lipinski definition) is 2. The fourth-order valence-corrected chi connectivity index (χ4v) is 2.64. The third-order valence-corrected chi connectivity index (χ3v) is 3.45. The van der Waals surface area contributed by atoms with Gasteiger partial charge in [-0.05, 0) is 31.0 Å². The maximum atomic E-state index is 13.2. The first-order valence-electron chi connectivity index (χ1n) is 5.22. The Morgan fingerprint density at radius 1 is 1.38 bits per heavy atom. The van der Waals surface area contributed by atoms with Crippen molar-refractivity contribution in [2.24, 2.45) is 4.99 Å². The van der Waals surface area contributed by atoms with Crippen molar-refractivity contribution >= 4 is 17.7 Å². The van der Waals surface area contributed by atoms with E-state index in [4.69, 9.17) is 11.6 Å². The van der Waals surface area contributed by atoms with Crippen LogP contribution in [0.1, 0.15) is 31.2 Å². The number of halogens is 2. The van der Waals surface area contributed by atoms with Crippen molar-refractivity contribution in [3.63, 3.8) is 0 Å². The molecule has 1 aliphatic rings. The number of hydrogen-bond donors (Lipinski definition) is 0. The first kappa shape index (κ1) is 11.3. The Labute approximate surface area is 98.1 Å². The second kappa shape index (κ2) is 4.36. The molecular weight excluding hydrogens is 229 g/mol. The van der Waals surface area contributed by atoms with Crippen molar-refractivity contribution in [1.29, 1.82) is 0 Å². The van der Waals surface area contributed by atoms with E-state index in [1.54, 1.807) is 6.08 Å². The van der Waals surface area contributed by atoms with Crippen LogP contribution < -0.4 is 0 Å². The molecule has 1 aliphatic carbocycles. The van der Waals surface area contributed by atoms with Gasteiger partial charge in [-0.2, -0.15) is 4.99 Å². The van der Waals surface area contributed by atoms with Crippen LogP contribution in [0.4, 0.5) is 4.39 Å². The van der Waals surface area contributed by atoms with Gasteiger partial charge in [-0.25, -0.2) is 9.18 Å². The Balaban J connectivity index is 2.54. The lowest BCUT2D eigenvalue weighted by Crippen LogP contribution is -2.19. The number of nitrogens with zero attached hydrogens (tertiary/aromatic N) is 1. The van der Waals surface area contributed by atoms with Crippen molar-refractivity contribution in [3.8, 4) is 0 Å². The molecule has 1 saturated carbocycles. The summed E-state index contributed by atoms with van der Waals surface area (Å²) < 4.78 is 13.2. The van der Waals surface area contributed by atoms with E-state index in [1.807, 2.05) is 0 Å². The van der Waals surface area contributed by atoms with E-state index in [9.17, 15) is 9.18 Å². The third kappa shape index (κ3) is 1.89. The zero-order valence-corrected chi connectivity index (χ0v) is 9.43. The monoisotopic (exact) mass is 239 g/mol. The number of aliphatic imine (C=N–C) groups is 1. The minimum Gasteiger partial charge on any atom is -0.211 e. The largest absolute Gasteiger partial charge is 0.235 e. The molecule has 0 atom stereocenters. The van der Waals surface area contributed by atoms with Gasteiger partial charge in [0.25, 0.3) is 0 Å². The highest BCUT2D eigenvalue weighted by molar-refractivity contribution is 6.31. The molecule has 84 valence electrons. The molecule has 1 fully saturated rings. The molecule has 0 heterocycles. The highest BCUT2D eigenvalue weighted by Gasteiger charge is 2.37. The molecule has 0 unspecified atom stereocenters. The average Bonchev–Trinajstić information content (AvgIpc) is 2.72. The molecule has 0 saturated heterocycles. The van der Waals surface area contributed by atoms with Crippen LogP contribution >= 0.6 is 11.6 Å². The molecule has 4 heteroatoms. The highest BCUT2D eigenvalue weighted by Crippen LogP contribution is 2.44. The molecule has 0 aromatic heterocycles. The maximum absolute atomic E-state index is 13.2. The van der Waals surface area contributed by atoms with Crippen LogP contribution in [0.3, 0.4) is 0 Å². The lowest BCUT2D eigenvalue weighted by molar-refractivity contribution is 0.453. The van der Waals surface area contributed by atoms with Gasteiger partial charge in [-0.1, -0.05) is 24.4 Å². The van der Waals surface area contributed by atoms with Gasteiger partial charge in [-0.15, -0.1) is 0 Å². The molecule has 0 N–H and O–H groups in total. The van der Waals surface area contributed by atoms with E-state index in [2.05, 4.69) is 4.99 Å². The van der Waals surface area contributed by atoms with E-state index >= 15 is 0 Å². The second-order valence-corrected chi connectivity index (χ2v) is 4.47. The van der Waals surface area contributed by atoms with Gasteiger partial charge in [0.1, 0.15) is 5.82 Å². The standard InChI is InChI=1S/C12H11ClFNO/c13-11-4-3-9(14)7-10(11)12(15-8-16)5-1-2-6-12/h3-4,7H,1-2,5-6H2. The van der Waals surface area contributed by atoms with Crippen LogP contribution in [0.25, 0.3) is 0 Å². The summed E-state index contributed by atoms with van der Waals surface area (Å²) in [5.41, 5.74) is -0.0454. The molecule has 16 heavy (non-hydrogen) atoms. The topological polar surface area (TPSA) is 29.4 Å². The zero-order chi connectivity index (χ0) is 11.6. The molecule has 1 aromatic rings. The predicted molar refractivity (Wildman–Crippen MR) is 59.7 cm³/mol. The quantitative estimate of drug-likeness (QED) is 0.573. The fourth-order valence-electron chi connectivity index (χ4n) is 2.34. The lowest BCUT2D eigenvalue weighted by Gasteiger charge is -2.23. The van der Waals surface area contributed by atoms with Gasteiger partial charge >= 0.3 is 0 Å². The van der Waals surface area contributed by atoms with Crippen LogP contribution in [0.2, 0.25) is 5.02 Å². The smallest absolute Gasteiger partial charge is 0.211 e. The van der Waals surface area contributed by atoms with Crippen LogP contribution in [0.5, 0.6) is 0 Å². The minimum absolute atomic E-state index is 0.355. The highest BCUT2D eigenvalue weighted by atomic mass is 35.5.